The lowest BCUT2D eigenvalue weighted by Gasteiger charge is -2.70. The number of ether oxygens (including phenoxy) is 3. The summed E-state index contributed by atoms with van der Waals surface area (Å²) >= 11 is 7.73. The Hall–Kier alpha value is -1.23. The van der Waals surface area contributed by atoms with Crippen LogP contribution in [-0.2, 0) is 28.6 Å². The Morgan fingerprint density at radius 2 is 1.64 bits per heavy atom. The van der Waals surface area contributed by atoms with Crippen LogP contribution in [0.4, 0.5) is 0 Å². The zero-order valence-corrected chi connectivity index (χ0v) is 33.0. The van der Waals surface area contributed by atoms with Crippen LogP contribution < -0.4 is 0 Å². The van der Waals surface area contributed by atoms with Gasteiger partial charge >= 0.3 is 17.9 Å². The molecule has 0 aromatic heterocycles. The van der Waals surface area contributed by atoms with Gasteiger partial charge in [-0.25, -0.2) is 4.79 Å². The molecule has 0 aliphatic heterocycles. The maximum absolute atomic E-state index is 13.9. The number of allylic oxidation sites excluding steroid dienone is 2. The number of fused-ring (bicyclic) bond motifs is 5. The number of hydrogen-bond donors (Lipinski definition) is 2. The molecule has 0 bridgehead atoms. The van der Waals surface area contributed by atoms with Crippen LogP contribution in [0.1, 0.15) is 114 Å². The first-order valence-corrected chi connectivity index (χ1v) is 18.8. The van der Waals surface area contributed by atoms with Gasteiger partial charge in [0.1, 0.15) is 6.10 Å². The summed E-state index contributed by atoms with van der Waals surface area (Å²) in [5, 5.41) is 23.5. The fourth-order valence-corrected chi connectivity index (χ4v) is 13.0. The van der Waals surface area contributed by atoms with Crippen molar-refractivity contribution in [2.75, 3.05) is 6.79 Å². The second-order valence-corrected chi connectivity index (χ2v) is 19.8. The van der Waals surface area contributed by atoms with Crippen LogP contribution in [0, 0.1) is 39.4 Å². The number of alkyl halides is 2. The third kappa shape index (κ3) is 6.80. The molecule has 0 aromatic rings. The van der Waals surface area contributed by atoms with Crippen molar-refractivity contribution in [2.24, 2.45) is 39.4 Å². The molecule has 0 amide bonds. The number of aliphatic hydroxyl groups excluding tert-OH is 2. The fraction of sp³-hybridized carbons (Fsp3) is 0.811. The summed E-state index contributed by atoms with van der Waals surface area (Å²) in [5.41, 5.74) is 0.449. The molecular formula is C37H56Br2O8. The van der Waals surface area contributed by atoms with Gasteiger partial charge in [-0.1, -0.05) is 64.3 Å². The van der Waals surface area contributed by atoms with Crippen molar-refractivity contribution in [2.45, 2.75) is 142 Å². The van der Waals surface area contributed by atoms with Crippen molar-refractivity contribution >= 4 is 49.8 Å². The van der Waals surface area contributed by atoms with Gasteiger partial charge in [0.2, 0.25) is 6.79 Å². The maximum atomic E-state index is 13.9. The number of halogens is 2. The van der Waals surface area contributed by atoms with Crippen LogP contribution in [0.3, 0.4) is 0 Å². The van der Waals surface area contributed by atoms with Crippen LogP contribution in [0.2, 0.25) is 0 Å². The molecule has 0 saturated heterocycles. The number of aliphatic hydroxyl groups is 2. The number of carbonyl (C=O) groups is 3. The summed E-state index contributed by atoms with van der Waals surface area (Å²) in [7, 11) is 0. The number of carbonyl (C=O) groups excluding carboxylic acids is 3. The molecule has 2 unspecified atom stereocenters. The van der Waals surface area contributed by atoms with Gasteiger partial charge in [0.25, 0.3) is 0 Å². The molecule has 0 aromatic carbocycles. The molecule has 4 aliphatic carbocycles. The highest BCUT2D eigenvalue weighted by Crippen LogP contribution is 2.75. The largest absolute Gasteiger partial charge is 0.458 e. The highest BCUT2D eigenvalue weighted by Gasteiger charge is 2.72. The van der Waals surface area contributed by atoms with Gasteiger partial charge in [0, 0.05) is 17.3 Å². The Morgan fingerprint density at radius 1 is 1.00 bits per heavy atom. The summed E-state index contributed by atoms with van der Waals surface area (Å²) < 4.78 is 16.4. The number of hydrogen-bond acceptors (Lipinski definition) is 8. The molecule has 4 fully saturated rings. The van der Waals surface area contributed by atoms with Gasteiger partial charge in [-0.05, 0) is 126 Å². The highest BCUT2D eigenvalue weighted by molar-refractivity contribution is 9.10. The first-order valence-electron chi connectivity index (χ1n) is 17.1. The van der Waals surface area contributed by atoms with Gasteiger partial charge in [0.15, 0.2) is 0 Å². The molecule has 47 heavy (non-hydrogen) atoms. The topological polar surface area (TPSA) is 119 Å². The molecule has 266 valence electrons. The summed E-state index contributed by atoms with van der Waals surface area (Å²) in [5.74, 6) is -1.69. The molecule has 8 nitrogen and oxygen atoms in total. The van der Waals surface area contributed by atoms with E-state index in [1.54, 1.807) is 20.8 Å². The third-order valence-electron chi connectivity index (χ3n) is 12.5. The molecule has 0 spiro atoms. The highest BCUT2D eigenvalue weighted by atomic mass is 79.9. The first kappa shape index (κ1) is 38.6. The summed E-state index contributed by atoms with van der Waals surface area (Å²) in [6.45, 7) is 19.0. The molecule has 0 radical (unpaired) electrons. The van der Waals surface area contributed by atoms with Crippen molar-refractivity contribution in [1.82, 2.24) is 0 Å². The van der Waals surface area contributed by atoms with Crippen molar-refractivity contribution in [3.05, 3.63) is 22.8 Å². The van der Waals surface area contributed by atoms with Crippen molar-refractivity contribution < 1.29 is 38.8 Å². The normalized spacial score (nSPS) is 42.3. The van der Waals surface area contributed by atoms with E-state index >= 15 is 0 Å². The molecule has 11 atom stereocenters. The minimum Gasteiger partial charge on any atom is -0.458 e. The van der Waals surface area contributed by atoms with Gasteiger partial charge in [0.05, 0.1) is 21.9 Å². The second-order valence-electron chi connectivity index (χ2n) is 16.9. The smallest absolute Gasteiger partial charge is 0.336 e. The van der Waals surface area contributed by atoms with E-state index in [0.717, 1.165) is 30.4 Å². The van der Waals surface area contributed by atoms with Crippen LogP contribution in [0.25, 0.3) is 0 Å². The van der Waals surface area contributed by atoms with E-state index in [0.29, 0.717) is 31.3 Å². The van der Waals surface area contributed by atoms with Gasteiger partial charge < -0.3 is 24.4 Å². The third-order valence-corrected chi connectivity index (χ3v) is 14.3. The van der Waals surface area contributed by atoms with Gasteiger partial charge in [-0.2, -0.15) is 0 Å². The molecule has 2 N–H and O–H groups in total. The van der Waals surface area contributed by atoms with Crippen LogP contribution in [0.15, 0.2) is 22.8 Å². The van der Waals surface area contributed by atoms with E-state index in [2.05, 4.69) is 65.6 Å². The zero-order valence-electron chi connectivity index (χ0n) is 29.9. The van der Waals surface area contributed by atoms with E-state index in [9.17, 15) is 24.6 Å². The summed E-state index contributed by atoms with van der Waals surface area (Å²) in [6.07, 6.45) is 4.44. The monoisotopic (exact) mass is 786 g/mol. The molecule has 4 rings (SSSR count). The van der Waals surface area contributed by atoms with E-state index < -0.39 is 58.2 Å². The molecule has 0 heterocycles. The Bertz CT molecular complexity index is 1310. The predicted octanol–water partition coefficient (Wildman–Crippen LogP) is 7.56. The number of rotatable bonds is 7. The summed E-state index contributed by atoms with van der Waals surface area (Å²) in [4.78, 5) is 38.8. The predicted molar refractivity (Wildman–Crippen MR) is 188 cm³/mol. The standard InChI is InChI=1S/C37H56Br2O8/c1-20(2)12-11-13-22(31(43)45-19-46-32(44)33(4,5)6)28-23-16-25(41)29-34(7)17-24(38)30(42)37(10,39)27(34)14-15-35(29,8)36(23,9)18-26(28)47-21(3)40/h12,23-27,29-30,41-42H,11,13-19H2,1-10H3/t23-,24?,25-,26+,27?,29-,30-,34+,35+,36+,37-/m1/s1. The van der Waals surface area contributed by atoms with Crippen molar-refractivity contribution in [1.29, 1.82) is 0 Å². The van der Waals surface area contributed by atoms with Crippen molar-refractivity contribution in [3.8, 4) is 0 Å². The zero-order chi connectivity index (χ0) is 35.5. The lowest BCUT2D eigenvalue weighted by molar-refractivity contribution is -0.228. The van der Waals surface area contributed by atoms with Gasteiger partial charge in [-0.15, -0.1) is 0 Å². The fourth-order valence-electron chi connectivity index (χ4n) is 10.3. The molecule has 4 aliphatic rings. The van der Waals surface area contributed by atoms with E-state index in [1.807, 2.05) is 13.8 Å². The van der Waals surface area contributed by atoms with Crippen LogP contribution >= 0.6 is 31.9 Å². The first-order chi connectivity index (χ1) is 21.5. The molecule has 4 saturated carbocycles. The lowest BCUT2D eigenvalue weighted by atomic mass is 9.36. The van der Waals surface area contributed by atoms with Crippen LogP contribution in [0.5, 0.6) is 0 Å². The Kier molecular flexibility index (Phi) is 11.1. The average molecular weight is 789 g/mol. The molecular weight excluding hydrogens is 732 g/mol. The molecule has 10 heteroatoms. The van der Waals surface area contributed by atoms with E-state index in [4.69, 9.17) is 14.2 Å². The minimum absolute atomic E-state index is 0.0883. The van der Waals surface area contributed by atoms with Crippen LogP contribution in [-0.4, -0.2) is 62.4 Å². The Labute approximate surface area is 298 Å². The van der Waals surface area contributed by atoms with E-state index in [1.165, 1.54) is 6.92 Å². The second kappa shape index (κ2) is 13.5. The Morgan fingerprint density at radius 3 is 2.21 bits per heavy atom. The van der Waals surface area contributed by atoms with E-state index in [-0.39, 0.29) is 33.4 Å². The average Bonchev–Trinajstić information content (AvgIpc) is 3.20. The van der Waals surface area contributed by atoms with Gasteiger partial charge in [-0.3, -0.25) is 9.59 Å². The Balaban J connectivity index is 1.81. The quantitative estimate of drug-likeness (QED) is 0.0893. The SMILES string of the molecule is CC(=O)O[C@H]1C[C@@]2(C)[C@H](C[C@@H](O)[C@@H]3[C@@]4(C)CC(Br)[C@@H](O)[C@](C)(Br)C4CC[C@@]32C)C1=C(CCC=C(C)C)C(=O)OCOC(=O)C(C)(C)C. The van der Waals surface area contributed by atoms with Crippen molar-refractivity contribution in [3.63, 3.8) is 0 Å². The minimum atomic E-state index is -0.748. The number of esters is 3. The lowest BCUT2D eigenvalue weighted by Crippen LogP contribution is -2.69. The summed E-state index contributed by atoms with van der Waals surface area (Å²) in [6, 6.07) is 0. The maximum Gasteiger partial charge on any atom is 0.336 e.